The van der Waals surface area contributed by atoms with Gasteiger partial charge in [0.2, 0.25) is 18.2 Å². The van der Waals surface area contributed by atoms with E-state index in [0.29, 0.717) is 86.1 Å². The number of H-pyrrole nitrogens is 2. The Labute approximate surface area is 315 Å². The van der Waals surface area contributed by atoms with Gasteiger partial charge in [0.1, 0.15) is 22.5 Å². The van der Waals surface area contributed by atoms with Gasteiger partial charge in [0.05, 0.1) is 31.7 Å². The first kappa shape index (κ1) is 36.3. The number of carbonyl (C=O) groups excluding carboxylic acids is 2. The van der Waals surface area contributed by atoms with Crippen LogP contribution in [0, 0.1) is 11.7 Å². The molecule has 3 aliphatic heterocycles. The second-order valence-corrected chi connectivity index (χ2v) is 14.5. The van der Waals surface area contributed by atoms with Crippen molar-refractivity contribution in [3.8, 4) is 22.6 Å². The first-order valence-corrected chi connectivity index (χ1v) is 18.6. The number of amides is 2. The van der Waals surface area contributed by atoms with Crippen molar-refractivity contribution < 1.29 is 28.6 Å². The van der Waals surface area contributed by atoms with Crippen LogP contribution in [0.15, 0.2) is 41.5 Å². The Bertz CT molecular complexity index is 2280. The Balaban J connectivity index is 0.858. The molecule has 6 heterocycles. The number of piperidine rings is 1. The highest BCUT2D eigenvalue weighted by molar-refractivity contribution is 5.95. The van der Waals surface area contributed by atoms with Gasteiger partial charge in [-0.1, -0.05) is 0 Å². The number of aliphatic hydroxyl groups is 1. The Morgan fingerprint density at radius 2 is 1.69 bits per heavy atom. The van der Waals surface area contributed by atoms with E-state index in [1.165, 1.54) is 9.47 Å². The van der Waals surface area contributed by atoms with Gasteiger partial charge in [-0.2, -0.15) is 10.2 Å². The minimum atomic E-state index is -1.23. The number of benzene rings is 2. The number of ether oxygens (including phenoxy) is 2. The molecule has 0 saturated carbocycles. The third-order valence-corrected chi connectivity index (χ3v) is 11.3. The van der Waals surface area contributed by atoms with Crippen molar-refractivity contribution in [2.24, 2.45) is 13.0 Å². The van der Waals surface area contributed by atoms with Crippen LogP contribution in [0.4, 0.5) is 15.9 Å². The zero-order valence-corrected chi connectivity index (χ0v) is 31.1. The quantitative estimate of drug-likeness (QED) is 0.174. The highest BCUT2D eigenvalue weighted by Gasteiger charge is 2.31. The maximum Gasteiger partial charge on any atom is 0.276 e. The third-order valence-electron chi connectivity index (χ3n) is 11.3. The molecular weight excluding hydrogens is 711 g/mol. The second-order valence-electron chi connectivity index (χ2n) is 14.5. The van der Waals surface area contributed by atoms with Crippen molar-refractivity contribution in [2.75, 3.05) is 69.8 Å². The molecule has 3 aromatic heterocycles. The number of aromatic nitrogens is 5. The van der Waals surface area contributed by atoms with Gasteiger partial charge in [0, 0.05) is 94.8 Å². The number of pyridine rings is 1. The first-order valence-electron chi connectivity index (χ1n) is 18.6. The van der Waals surface area contributed by atoms with Crippen LogP contribution in [0.3, 0.4) is 0 Å². The summed E-state index contributed by atoms with van der Waals surface area (Å²) in [4.78, 5) is 45.5. The lowest BCUT2D eigenvalue weighted by Crippen LogP contribution is -2.54. The topological polar surface area (TPSA) is 177 Å². The third kappa shape index (κ3) is 6.82. The Kier molecular flexibility index (Phi) is 9.81. The Morgan fingerprint density at radius 1 is 0.964 bits per heavy atom. The number of hydrogen-bond acceptors (Lipinski definition) is 11. The minimum Gasteiger partial charge on any atom is -0.496 e. The van der Waals surface area contributed by atoms with E-state index in [4.69, 9.17) is 9.47 Å². The predicted octanol–water partition coefficient (Wildman–Crippen LogP) is 2.51. The van der Waals surface area contributed by atoms with E-state index >= 15 is 4.39 Å². The Morgan fingerprint density at radius 3 is 2.38 bits per heavy atom. The molecule has 0 spiro atoms. The molecule has 0 aliphatic carbocycles. The van der Waals surface area contributed by atoms with Crippen LogP contribution in [0.1, 0.15) is 31.2 Å². The summed E-state index contributed by atoms with van der Waals surface area (Å²) in [5.74, 6) is 1.43. The molecule has 16 nitrogen and oxygen atoms in total. The molecule has 55 heavy (non-hydrogen) atoms. The Hall–Kier alpha value is -5.68. The molecule has 1 atom stereocenters. The van der Waals surface area contributed by atoms with E-state index in [-0.39, 0.29) is 41.8 Å². The van der Waals surface area contributed by atoms with Gasteiger partial charge in [0.25, 0.3) is 5.56 Å². The molecule has 5 aromatic rings. The van der Waals surface area contributed by atoms with Gasteiger partial charge >= 0.3 is 0 Å². The van der Waals surface area contributed by atoms with E-state index in [0.717, 1.165) is 34.9 Å². The number of methoxy groups -OCH3 is 2. The molecule has 17 heteroatoms. The maximum atomic E-state index is 15.8. The fourth-order valence-electron chi connectivity index (χ4n) is 8.16. The van der Waals surface area contributed by atoms with Crippen LogP contribution in [-0.2, 0) is 23.2 Å². The summed E-state index contributed by atoms with van der Waals surface area (Å²) in [6.45, 7) is 4.77. The van der Waals surface area contributed by atoms with Gasteiger partial charge in [-0.3, -0.25) is 29.5 Å². The van der Waals surface area contributed by atoms with Gasteiger partial charge < -0.3 is 39.2 Å². The van der Waals surface area contributed by atoms with E-state index < -0.39 is 12.2 Å². The van der Waals surface area contributed by atoms with Gasteiger partial charge in [-0.15, -0.1) is 0 Å². The number of rotatable bonds is 9. The summed E-state index contributed by atoms with van der Waals surface area (Å²) in [5.41, 5.74) is 3.58. The average molecular weight is 757 g/mol. The summed E-state index contributed by atoms with van der Waals surface area (Å²) in [7, 11) is 4.97. The largest absolute Gasteiger partial charge is 0.496 e. The van der Waals surface area contributed by atoms with Gasteiger partial charge in [-0.25, -0.2) is 4.39 Å². The number of nitrogens with one attached hydrogen (secondary N) is 3. The zero-order valence-electron chi connectivity index (χ0n) is 31.1. The van der Waals surface area contributed by atoms with Crippen molar-refractivity contribution in [3.63, 3.8) is 0 Å². The maximum absolute atomic E-state index is 15.8. The molecular formula is C38H45FN10O6. The lowest BCUT2D eigenvalue weighted by Gasteiger charge is -2.37. The number of anilines is 2. The molecule has 3 fully saturated rings. The molecule has 1 unspecified atom stereocenters. The van der Waals surface area contributed by atoms with Crippen LogP contribution in [0.25, 0.3) is 32.9 Å². The van der Waals surface area contributed by atoms with Crippen molar-refractivity contribution in [1.82, 2.24) is 40.1 Å². The number of fused-ring (bicyclic) bond motifs is 2. The van der Waals surface area contributed by atoms with Crippen molar-refractivity contribution in [1.29, 1.82) is 0 Å². The number of aliphatic hydroxyl groups excluding tert-OH is 1. The average Bonchev–Trinajstić information content (AvgIpc) is 3.86. The molecule has 2 amide bonds. The van der Waals surface area contributed by atoms with Crippen LogP contribution >= 0.6 is 0 Å². The summed E-state index contributed by atoms with van der Waals surface area (Å²) >= 11 is 0. The summed E-state index contributed by atoms with van der Waals surface area (Å²) in [5, 5.41) is 28.0. The molecule has 3 saturated heterocycles. The van der Waals surface area contributed by atoms with Crippen molar-refractivity contribution in [3.05, 3.63) is 58.4 Å². The summed E-state index contributed by atoms with van der Waals surface area (Å²) < 4.78 is 29.0. The smallest absolute Gasteiger partial charge is 0.276 e. The van der Waals surface area contributed by atoms with Crippen molar-refractivity contribution >= 4 is 45.1 Å². The van der Waals surface area contributed by atoms with Crippen LogP contribution in [0.5, 0.6) is 11.5 Å². The fraction of sp³-hybridized carbons (Fsp3) is 0.447. The van der Waals surface area contributed by atoms with E-state index in [2.05, 4.69) is 30.6 Å². The predicted molar refractivity (Wildman–Crippen MR) is 203 cm³/mol. The van der Waals surface area contributed by atoms with Crippen LogP contribution in [0.2, 0.25) is 0 Å². The van der Waals surface area contributed by atoms with E-state index in [1.807, 2.05) is 21.9 Å². The second kappa shape index (κ2) is 14.9. The lowest BCUT2D eigenvalue weighted by atomic mass is 9.92. The van der Waals surface area contributed by atoms with Crippen LogP contribution in [-0.4, -0.2) is 118 Å². The molecule has 8 rings (SSSR count). The zero-order chi connectivity index (χ0) is 38.4. The number of hydrogen-bond donors (Lipinski definition) is 4. The lowest BCUT2D eigenvalue weighted by molar-refractivity contribution is -0.134. The van der Waals surface area contributed by atoms with Crippen molar-refractivity contribution in [2.45, 2.75) is 38.6 Å². The highest BCUT2D eigenvalue weighted by Crippen LogP contribution is 2.38. The SMILES string of the molecule is COc1cc(-c2cn(C)c(=O)c3[nH]ncc23)cc(OC)c1CN1CCN(C(=O)CC2CCN(c3ccc4c(N5CCC(=O)NC5O)n[nH]c4c3F)CC2)CC1. The number of carbonyl (C=O) groups is 2. The van der Waals surface area contributed by atoms with Gasteiger partial charge in [-0.05, 0) is 48.6 Å². The monoisotopic (exact) mass is 756 g/mol. The highest BCUT2D eigenvalue weighted by atomic mass is 19.1. The fourth-order valence-corrected chi connectivity index (χ4v) is 8.16. The molecule has 290 valence electrons. The number of nitrogens with zero attached hydrogens (tertiary/aromatic N) is 7. The molecule has 2 aromatic carbocycles. The van der Waals surface area contributed by atoms with Gasteiger partial charge in [0.15, 0.2) is 11.6 Å². The molecule has 0 bridgehead atoms. The summed E-state index contributed by atoms with van der Waals surface area (Å²) in [6.07, 6.45) is 4.44. The standard InChI is InChI=1S/C38H45FN10O6/c1-45-20-26(25-19-40-42-35(25)37(45)52)23-17-29(54-2)27(30(18-23)55-3)21-46-12-14-48(15-13-46)32(51)16-22-6-9-47(10-7-22)28-5-4-24-34(33(28)39)43-44-36(24)49-11-8-31(50)41-38(49)53/h4-5,17-20,22,38,53H,6-16,21H2,1-3H3,(H,40,42)(H,41,50)(H,43,44). The molecule has 0 radical (unpaired) electrons. The number of aryl methyl sites for hydroxylation is 1. The first-order chi connectivity index (χ1) is 26.6. The number of piperazine rings is 1. The molecule has 4 N–H and O–H groups in total. The minimum absolute atomic E-state index is 0.147. The number of halogens is 1. The van der Waals surface area contributed by atoms with E-state index in [9.17, 15) is 19.5 Å². The van der Waals surface area contributed by atoms with E-state index in [1.54, 1.807) is 45.8 Å². The van der Waals surface area contributed by atoms with Crippen LogP contribution < -0.4 is 30.1 Å². The normalized spacial score (nSPS) is 18.7. The summed E-state index contributed by atoms with van der Waals surface area (Å²) in [6, 6.07) is 7.45. The number of aromatic amines is 2. The molecule has 3 aliphatic rings.